The Kier molecular flexibility index (Phi) is 2.52. The first-order chi connectivity index (χ1) is 7.03. The standard InChI is InChI=1S/C12H15NOS/c1-12(2)10(8-11(15)13(12)14)9-6-4-3-5-7-9/h3-7,10,14H,8H2,1-2H3. The largest absolute Gasteiger partial charge is 0.287 e. The summed E-state index contributed by atoms with van der Waals surface area (Å²) in [6.45, 7) is 4.04. The maximum atomic E-state index is 9.85. The molecule has 0 spiro atoms. The van der Waals surface area contributed by atoms with E-state index in [0.29, 0.717) is 4.99 Å². The van der Waals surface area contributed by atoms with E-state index in [2.05, 4.69) is 12.1 Å². The quantitative estimate of drug-likeness (QED) is 0.737. The van der Waals surface area contributed by atoms with E-state index in [-0.39, 0.29) is 11.5 Å². The Morgan fingerprint density at radius 1 is 1.33 bits per heavy atom. The number of hydrogen-bond acceptors (Lipinski definition) is 2. The van der Waals surface area contributed by atoms with Gasteiger partial charge in [0.25, 0.3) is 0 Å². The van der Waals surface area contributed by atoms with E-state index in [1.54, 1.807) is 0 Å². The molecule has 80 valence electrons. The fraction of sp³-hybridized carbons (Fsp3) is 0.417. The topological polar surface area (TPSA) is 23.5 Å². The van der Waals surface area contributed by atoms with Crippen molar-refractivity contribution < 1.29 is 5.21 Å². The van der Waals surface area contributed by atoms with Crippen LogP contribution in [0.5, 0.6) is 0 Å². The van der Waals surface area contributed by atoms with Gasteiger partial charge in [0.15, 0.2) is 0 Å². The molecule has 1 unspecified atom stereocenters. The zero-order valence-electron chi connectivity index (χ0n) is 8.97. The Hall–Kier alpha value is -0.930. The first kappa shape index (κ1) is 10.6. The first-order valence-corrected chi connectivity index (χ1v) is 5.51. The minimum Gasteiger partial charge on any atom is -0.287 e. The van der Waals surface area contributed by atoms with Crippen LogP contribution >= 0.6 is 12.2 Å². The number of nitrogens with zero attached hydrogens (tertiary/aromatic N) is 1. The lowest BCUT2D eigenvalue weighted by Crippen LogP contribution is -2.40. The Bertz CT molecular complexity index is 374. The van der Waals surface area contributed by atoms with Gasteiger partial charge >= 0.3 is 0 Å². The van der Waals surface area contributed by atoms with Crippen LogP contribution in [0.2, 0.25) is 0 Å². The summed E-state index contributed by atoms with van der Waals surface area (Å²) in [5, 5.41) is 11.1. The van der Waals surface area contributed by atoms with Crippen LogP contribution in [0.3, 0.4) is 0 Å². The molecule has 1 heterocycles. The van der Waals surface area contributed by atoms with E-state index in [1.807, 2.05) is 32.0 Å². The van der Waals surface area contributed by atoms with E-state index in [1.165, 1.54) is 10.6 Å². The van der Waals surface area contributed by atoms with Gasteiger partial charge in [-0.1, -0.05) is 42.5 Å². The average molecular weight is 221 g/mol. The number of thiocarbonyl (C=S) groups is 1. The smallest absolute Gasteiger partial charge is 0.105 e. The Labute approximate surface area is 95.5 Å². The monoisotopic (exact) mass is 221 g/mol. The van der Waals surface area contributed by atoms with Crippen molar-refractivity contribution in [3.63, 3.8) is 0 Å². The van der Waals surface area contributed by atoms with Crippen LogP contribution in [0, 0.1) is 0 Å². The van der Waals surface area contributed by atoms with Gasteiger partial charge < -0.3 is 0 Å². The number of hydroxylamine groups is 2. The number of hydrogen-bond donors (Lipinski definition) is 1. The maximum absolute atomic E-state index is 9.85. The highest BCUT2D eigenvalue weighted by Crippen LogP contribution is 2.41. The van der Waals surface area contributed by atoms with Crippen molar-refractivity contribution in [1.29, 1.82) is 0 Å². The van der Waals surface area contributed by atoms with Gasteiger partial charge in [0, 0.05) is 12.3 Å². The van der Waals surface area contributed by atoms with Crippen LogP contribution in [0.1, 0.15) is 31.7 Å². The van der Waals surface area contributed by atoms with Crippen molar-refractivity contribution >= 4 is 17.2 Å². The average Bonchev–Trinajstić information content (AvgIpc) is 2.43. The second kappa shape index (κ2) is 3.58. The molecule has 2 nitrogen and oxygen atoms in total. The van der Waals surface area contributed by atoms with Gasteiger partial charge in [-0.2, -0.15) is 0 Å². The summed E-state index contributed by atoms with van der Waals surface area (Å²) in [6, 6.07) is 10.2. The molecular weight excluding hydrogens is 206 g/mol. The molecule has 0 aromatic heterocycles. The highest BCUT2D eigenvalue weighted by atomic mass is 32.1. The Morgan fingerprint density at radius 2 is 1.93 bits per heavy atom. The summed E-state index contributed by atoms with van der Waals surface area (Å²) in [7, 11) is 0. The normalized spacial score (nSPS) is 24.6. The van der Waals surface area contributed by atoms with Gasteiger partial charge in [-0.05, 0) is 19.4 Å². The molecule has 1 N–H and O–H groups in total. The first-order valence-electron chi connectivity index (χ1n) is 5.10. The van der Waals surface area contributed by atoms with E-state index in [9.17, 15) is 5.21 Å². The van der Waals surface area contributed by atoms with Crippen molar-refractivity contribution in [2.45, 2.75) is 31.7 Å². The van der Waals surface area contributed by atoms with Crippen LogP contribution in [0.4, 0.5) is 0 Å². The molecule has 0 aliphatic carbocycles. The van der Waals surface area contributed by atoms with Crippen molar-refractivity contribution in [3.05, 3.63) is 35.9 Å². The van der Waals surface area contributed by atoms with Gasteiger partial charge in [-0.25, -0.2) is 5.06 Å². The molecule has 1 fully saturated rings. The number of rotatable bonds is 1. The second-order valence-electron chi connectivity index (χ2n) is 4.53. The summed E-state index contributed by atoms with van der Waals surface area (Å²) in [5.74, 6) is 0.274. The molecule has 1 aliphatic rings. The van der Waals surface area contributed by atoms with Crippen LogP contribution in [-0.2, 0) is 0 Å². The second-order valence-corrected chi connectivity index (χ2v) is 5.00. The van der Waals surface area contributed by atoms with E-state index in [0.717, 1.165) is 6.42 Å². The minimum absolute atomic E-state index is 0.274. The molecule has 1 saturated heterocycles. The molecule has 0 radical (unpaired) electrons. The van der Waals surface area contributed by atoms with Crippen LogP contribution in [0.15, 0.2) is 30.3 Å². The third kappa shape index (κ3) is 1.66. The fourth-order valence-corrected chi connectivity index (χ4v) is 2.59. The van der Waals surface area contributed by atoms with Crippen molar-refractivity contribution in [1.82, 2.24) is 5.06 Å². The zero-order chi connectivity index (χ0) is 11.1. The SMILES string of the molecule is CC1(C)C(c2ccccc2)CC(=S)N1O. The third-order valence-electron chi connectivity index (χ3n) is 3.22. The van der Waals surface area contributed by atoms with Crippen LogP contribution in [-0.4, -0.2) is 20.8 Å². The molecule has 0 bridgehead atoms. The molecular formula is C12H15NOS. The molecule has 2 rings (SSSR count). The highest BCUT2D eigenvalue weighted by molar-refractivity contribution is 7.80. The van der Waals surface area contributed by atoms with Gasteiger partial charge in [0.1, 0.15) is 4.99 Å². The molecule has 1 aromatic rings. The summed E-state index contributed by atoms with van der Waals surface area (Å²) < 4.78 is 0. The molecule has 0 saturated carbocycles. The summed E-state index contributed by atoms with van der Waals surface area (Å²) >= 11 is 5.14. The van der Waals surface area contributed by atoms with Gasteiger partial charge in [0.2, 0.25) is 0 Å². The highest BCUT2D eigenvalue weighted by Gasteiger charge is 2.44. The zero-order valence-corrected chi connectivity index (χ0v) is 9.79. The molecule has 1 aliphatic heterocycles. The van der Waals surface area contributed by atoms with E-state index >= 15 is 0 Å². The molecule has 15 heavy (non-hydrogen) atoms. The molecule has 1 aromatic carbocycles. The summed E-state index contributed by atoms with van der Waals surface area (Å²) in [4.78, 5) is 0.633. The molecule has 0 amide bonds. The predicted octanol–water partition coefficient (Wildman–Crippen LogP) is 2.97. The van der Waals surface area contributed by atoms with E-state index < -0.39 is 0 Å². The third-order valence-corrected chi connectivity index (χ3v) is 3.56. The summed E-state index contributed by atoms with van der Waals surface area (Å²) in [6.07, 6.45) is 0.753. The van der Waals surface area contributed by atoms with E-state index in [4.69, 9.17) is 12.2 Å². The van der Waals surface area contributed by atoms with Crippen LogP contribution < -0.4 is 0 Å². The van der Waals surface area contributed by atoms with Crippen molar-refractivity contribution in [3.8, 4) is 0 Å². The maximum Gasteiger partial charge on any atom is 0.105 e. The lowest BCUT2D eigenvalue weighted by molar-refractivity contribution is -0.0827. The fourth-order valence-electron chi connectivity index (χ4n) is 2.19. The Morgan fingerprint density at radius 3 is 2.40 bits per heavy atom. The van der Waals surface area contributed by atoms with Crippen LogP contribution in [0.25, 0.3) is 0 Å². The minimum atomic E-state index is -0.307. The number of benzene rings is 1. The molecule has 1 atom stereocenters. The van der Waals surface area contributed by atoms with Gasteiger partial charge in [0.05, 0.1) is 5.54 Å². The predicted molar refractivity (Wildman–Crippen MR) is 64.1 cm³/mol. The Balaban J connectivity index is 2.36. The summed E-state index contributed by atoms with van der Waals surface area (Å²) in [5.41, 5.74) is 0.930. The van der Waals surface area contributed by atoms with Crippen molar-refractivity contribution in [2.24, 2.45) is 0 Å². The molecule has 3 heteroatoms. The van der Waals surface area contributed by atoms with Gasteiger partial charge in [-0.3, -0.25) is 5.21 Å². The lowest BCUT2D eigenvalue weighted by atomic mass is 9.83. The van der Waals surface area contributed by atoms with Crippen molar-refractivity contribution in [2.75, 3.05) is 0 Å². The lowest BCUT2D eigenvalue weighted by Gasteiger charge is -2.32. The van der Waals surface area contributed by atoms with Gasteiger partial charge in [-0.15, -0.1) is 0 Å².